The standard InChI is InChI=1S/C30H51N5O5/c1-3-4-5-6-7-8-9-10-11-12-16-21-27(36)34-25(20-17-22-33-30(31)32)29(38)40-35-26(28(37)39-2)23-24-18-14-13-15-19-24/h13-15,18-19,25-26,35H,3-12,16-17,20-23H2,1-2H3,(H,34,36)(H4,31,32,33)/t25-,26?/m0/s1. The Kier molecular flexibility index (Phi) is 19.8. The molecular formula is C30H51N5O5. The summed E-state index contributed by atoms with van der Waals surface area (Å²) >= 11 is 0. The van der Waals surface area contributed by atoms with Crippen molar-refractivity contribution in [2.75, 3.05) is 13.7 Å². The van der Waals surface area contributed by atoms with E-state index in [1.165, 1.54) is 58.5 Å². The highest BCUT2D eigenvalue weighted by Gasteiger charge is 2.26. The number of ether oxygens (including phenoxy) is 1. The molecule has 1 aromatic rings. The van der Waals surface area contributed by atoms with Crippen molar-refractivity contribution in [3.05, 3.63) is 35.9 Å². The van der Waals surface area contributed by atoms with E-state index < -0.39 is 24.0 Å². The lowest BCUT2D eigenvalue weighted by Gasteiger charge is -2.20. The van der Waals surface area contributed by atoms with Crippen LogP contribution in [-0.2, 0) is 30.4 Å². The number of nitrogens with two attached hydrogens (primary N) is 2. The molecule has 10 nitrogen and oxygen atoms in total. The van der Waals surface area contributed by atoms with E-state index in [1.54, 1.807) is 0 Å². The fraction of sp³-hybridized carbons (Fsp3) is 0.667. The molecule has 0 bridgehead atoms. The second kappa shape index (κ2) is 22.7. The fourth-order valence-corrected chi connectivity index (χ4v) is 4.33. The first kappa shape index (κ1) is 34.9. The number of carbonyl (C=O) groups excluding carboxylic acids is 3. The van der Waals surface area contributed by atoms with Crippen LogP contribution in [0, 0.1) is 0 Å². The van der Waals surface area contributed by atoms with E-state index in [0.29, 0.717) is 19.4 Å². The Balaban J connectivity index is 2.51. The molecule has 0 aliphatic carbocycles. The summed E-state index contributed by atoms with van der Waals surface area (Å²) in [5.41, 5.74) is 14.2. The van der Waals surface area contributed by atoms with E-state index in [0.717, 1.165) is 24.8 Å². The van der Waals surface area contributed by atoms with Crippen molar-refractivity contribution in [3.63, 3.8) is 0 Å². The molecule has 0 aliphatic heterocycles. The molecule has 1 unspecified atom stereocenters. The van der Waals surface area contributed by atoms with Gasteiger partial charge in [0.15, 0.2) is 5.96 Å². The molecule has 2 atom stereocenters. The average molecular weight is 562 g/mol. The molecule has 6 N–H and O–H groups in total. The Bertz CT molecular complexity index is 861. The number of guanidine groups is 1. The lowest BCUT2D eigenvalue weighted by Crippen LogP contribution is -2.47. The Hall–Kier alpha value is -3.14. The number of esters is 1. The summed E-state index contributed by atoms with van der Waals surface area (Å²) in [7, 11) is 1.27. The van der Waals surface area contributed by atoms with Gasteiger partial charge in [0.05, 0.1) is 7.11 Å². The smallest absolute Gasteiger partial charge is 0.347 e. The molecule has 226 valence electrons. The third-order valence-electron chi connectivity index (χ3n) is 6.64. The zero-order valence-electron chi connectivity index (χ0n) is 24.5. The summed E-state index contributed by atoms with van der Waals surface area (Å²) in [6, 6.07) is 7.50. The summed E-state index contributed by atoms with van der Waals surface area (Å²) in [4.78, 5) is 47.0. The number of benzene rings is 1. The van der Waals surface area contributed by atoms with Crippen LogP contribution in [0.25, 0.3) is 0 Å². The van der Waals surface area contributed by atoms with Gasteiger partial charge in [0.1, 0.15) is 12.1 Å². The number of hydrogen-bond donors (Lipinski definition) is 4. The van der Waals surface area contributed by atoms with Crippen LogP contribution in [0.4, 0.5) is 0 Å². The summed E-state index contributed by atoms with van der Waals surface area (Å²) in [5, 5.41) is 2.78. The zero-order chi connectivity index (χ0) is 29.4. The highest BCUT2D eigenvalue weighted by Crippen LogP contribution is 2.12. The molecule has 0 heterocycles. The van der Waals surface area contributed by atoms with Gasteiger partial charge in [-0.25, -0.2) is 4.79 Å². The van der Waals surface area contributed by atoms with Crippen LogP contribution >= 0.6 is 0 Å². The topological polar surface area (TPSA) is 158 Å². The fourth-order valence-electron chi connectivity index (χ4n) is 4.33. The van der Waals surface area contributed by atoms with Crippen LogP contribution in [0.1, 0.15) is 102 Å². The number of nitrogens with zero attached hydrogens (tertiary/aromatic N) is 1. The summed E-state index contributed by atoms with van der Waals surface area (Å²) < 4.78 is 4.85. The molecule has 0 radical (unpaired) electrons. The normalized spacial score (nSPS) is 12.2. The minimum Gasteiger partial charge on any atom is -0.468 e. The van der Waals surface area contributed by atoms with Crippen molar-refractivity contribution in [1.82, 2.24) is 10.8 Å². The predicted octanol–water partition coefficient (Wildman–Crippen LogP) is 4.06. The molecular weight excluding hydrogens is 510 g/mol. The minimum absolute atomic E-state index is 0.0387. The molecule has 0 aromatic heterocycles. The Morgan fingerprint density at radius 2 is 1.43 bits per heavy atom. The molecule has 1 amide bonds. The van der Waals surface area contributed by atoms with Gasteiger partial charge in [-0.2, -0.15) is 0 Å². The Labute approximate surface area is 240 Å². The van der Waals surface area contributed by atoms with Gasteiger partial charge >= 0.3 is 11.9 Å². The SMILES string of the molecule is CCCCCCCCCCCCCC(=O)N[C@@H](CCCN=C(N)N)C(=O)ONC(Cc1ccccc1)C(=O)OC. The third-order valence-corrected chi connectivity index (χ3v) is 6.64. The van der Waals surface area contributed by atoms with Gasteiger partial charge in [-0.1, -0.05) is 101 Å². The summed E-state index contributed by atoms with van der Waals surface area (Å²) in [6.07, 6.45) is 14.5. The lowest BCUT2D eigenvalue weighted by atomic mass is 10.0. The lowest BCUT2D eigenvalue weighted by molar-refractivity contribution is -0.162. The van der Waals surface area contributed by atoms with Crippen LogP contribution in [0.3, 0.4) is 0 Å². The van der Waals surface area contributed by atoms with Gasteiger partial charge in [0.25, 0.3) is 0 Å². The Morgan fingerprint density at radius 3 is 2.00 bits per heavy atom. The highest BCUT2D eigenvalue weighted by atomic mass is 16.7. The van der Waals surface area contributed by atoms with Crippen LogP contribution in [-0.4, -0.2) is 49.5 Å². The van der Waals surface area contributed by atoms with Crippen LogP contribution in [0.2, 0.25) is 0 Å². The van der Waals surface area contributed by atoms with Crippen LogP contribution in [0.15, 0.2) is 35.3 Å². The van der Waals surface area contributed by atoms with Crippen LogP contribution < -0.4 is 22.3 Å². The third kappa shape index (κ3) is 17.4. The quantitative estimate of drug-likeness (QED) is 0.0512. The van der Waals surface area contributed by atoms with Gasteiger partial charge in [-0.05, 0) is 24.8 Å². The minimum atomic E-state index is -0.906. The van der Waals surface area contributed by atoms with Crippen molar-refractivity contribution >= 4 is 23.8 Å². The number of nitrogens with one attached hydrogen (secondary N) is 2. The van der Waals surface area contributed by atoms with Gasteiger partial charge in [0.2, 0.25) is 5.91 Å². The number of hydrogen-bond acceptors (Lipinski definition) is 7. The maximum atomic E-state index is 12.9. The number of rotatable bonds is 23. The highest BCUT2D eigenvalue weighted by molar-refractivity contribution is 5.84. The molecule has 10 heteroatoms. The molecule has 0 aliphatic rings. The molecule has 40 heavy (non-hydrogen) atoms. The summed E-state index contributed by atoms with van der Waals surface area (Å²) in [5.74, 6) is -1.52. The first-order valence-electron chi connectivity index (χ1n) is 14.8. The van der Waals surface area contributed by atoms with Gasteiger partial charge in [-0.3, -0.25) is 14.6 Å². The van der Waals surface area contributed by atoms with Crippen LogP contribution in [0.5, 0.6) is 0 Å². The monoisotopic (exact) mass is 561 g/mol. The number of hydroxylamine groups is 1. The molecule has 0 spiro atoms. The number of amides is 1. The molecule has 0 saturated carbocycles. The zero-order valence-corrected chi connectivity index (χ0v) is 24.5. The molecule has 0 fully saturated rings. The molecule has 1 aromatic carbocycles. The average Bonchev–Trinajstić information content (AvgIpc) is 2.95. The van der Waals surface area contributed by atoms with Gasteiger partial charge in [-0.15, -0.1) is 5.48 Å². The Morgan fingerprint density at radius 1 is 0.825 bits per heavy atom. The van der Waals surface area contributed by atoms with Crippen molar-refractivity contribution < 1.29 is 24.0 Å². The maximum Gasteiger partial charge on any atom is 0.347 e. The van der Waals surface area contributed by atoms with E-state index in [2.05, 4.69) is 22.7 Å². The van der Waals surface area contributed by atoms with E-state index in [4.69, 9.17) is 21.0 Å². The second-order valence-corrected chi connectivity index (χ2v) is 10.2. The second-order valence-electron chi connectivity index (χ2n) is 10.2. The van der Waals surface area contributed by atoms with Gasteiger partial charge in [0, 0.05) is 19.4 Å². The van der Waals surface area contributed by atoms with Crippen molar-refractivity contribution in [2.45, 2.75) is 115 Å². The summed E-state index contributed by atoms with van der Waals surface area (Å²) in [6.45, 7) is 2.54. The number of carbonyl (C=O) groups is 3. The van der Waals surface area contributed by atoms with E-state index in [-0.39, 0.29) is 24.7 Å². The maximum absolute atomic E-state index is 12.9. The van der Waals surface area contributed by atoms with Crippen molar-refractivity contribution in [2.24, 2.45) is 16.5 Å². The van der Waals surface area contributed by atoms with Gasteiger partial charge < -0.3 is 26.4 Å². The van der Waals surface area contributed by atoms with E-state index >= 15 is 0 Å². The number of methoxy groups -OCH3 is 1. The molecule has 0 saturated heterocycles. The number of aliphatic imine (C=N–C) groups is 1. The predicted molar refractivity (Wildman–Crippen MR) is 158 cm³/mol. The molecule has 1 rings (SSSR count). The van der Waals surface area contributed by atoms with Crippen molar-refractivity contribution in [1.29, 1.82) is 0 Å². The number of unbranched alkanes of at least 4 members (excludes halogenated alkanes) is 10. The largest absolute Gasteiger partial charge is 0.468 e. The van der Waals surface area contributed by atoms with E-state index in [1.807, 2.05) is 30.3 Å². The first-order chi connectivity index (χ1) is 19.4. The van der Waals surface area contributed by atoms with Crippen molar-refractivity contribution in [3.8, 4) is 0 Å². The first-order valence-corrected chi connectivity index (χ1v) is 14.8. The van der Waals surface area contributed by atoms with E-state index in [9.17, 15) is 14.4 Å².